The number of nitrogens with zero attached hydrogens (tertiary/aromatic N) is 2. The summed E-state index contributed by atoms with van der Waals surface area (Å²) in [5, 5.41) is 12.1. The van der Waals surface area contributed by atoms with Crippen LogP contribution in [0.15, 0.2) is 82.7 Å². The molecule has 162 valence electrons. The van der Waals surface area contributed by atoms with Crippen molar-refractivity contribution in [3.63, 3.8) is 0 Å². The summed E-state index contributed by atoms with van der Waals surface area (Å²) in [6.07, 6.45) is 1.74. The summed E-state index contributed by atoms with van der Waals surface area (Å²) in [5.74, 6) is -0.0264. The molecule has 1 fully saturated rings. The minimum absolute atomic E-state index is 0.255. The Morgan fingerprint density at radius 2 is 1.88 bits per heavy atom. The third-order valence-electron chi connectivity index (χ3n) is 4.65. The molecule has 0 radical (unpaired) electrons. The van der Waals surface area contributed by atoms with Gasteiger partial charge in [0, 0.05) is 11.1 Å². The lowest BCUT2D eigenvalue weighted by Gasteiger charge is -2.10. The van der Waals surface area contributed by atoms with Crippen LogP contribution in [0.5, 0.6) is 5.75 Å². The van der Waals surface area contributed by atoms with Crippen LogP contribution in [0.25, 0.3) is 6.08 Å². The number of aliphatic imine (C=N–C) groups is 1. The minimum atomic E-state index is -0.409. The molecule has 0 bridgehead atoms. The van der Waals surface area contributed by atoms with E-state index in [4.69, 9.17) is 4.74 Å². The Hall–Kier alpha value is -3.42. The molecule has 8 heteroatoms. The molecule has 0 aliphatic carbocycles. The Balaban J connectivity index is 1.45. The summed E-state index contributed by atoms with van der Waals surface area (Å²) >= 11 is 3.29. The predicted octanol–water partition coefficient (Wildman–Crippen LogP) is 5.14. The van der Waals surface area contributed by atoms with Crippen molar-refractivity contribution >= 4 is 57.4 Å². The molecule has 1 heterocycles. The van der Waals surface area contributed by atoms with E-state index in [1.165, 1.54) is 0 Å². The van der Waals surface area contributed by atoms with Crippen molar-refractivity contribution < 1.29 is 14.3 Å². The third-order valence-corrected chi connectivity index (χ3v) is 6.40. The van der Waals surface area contributed by atoms with Gasteiger partial charge in [0.25, 0.3) is 11.8 Å². The highest BCUT2D eigenvalue weighted by Gasteiger charge is 2.25. The molecule has 6 nitrogen and oxygen atoms in total. The quantitative estimate of drug-likeness (QED) is 0.342. The van der Waals surface area contributed by atoms with Crippen LogP contribution < -0.4 is 10.1 Å². The number of hydrogen-bond donors (Lipinski definition) is 1. The lowest BCUT2D eigenvalue weighted by Crippen LogP contribution is -2.20. The molecule has 1 aliphatic heterocycles. The van der Waals surface area contributed by atoms with Crippen LogP contribution >= 0.6 is 34.4 Å². The lowest BCUT2D eigenvalue weighted by atomic mass is 10.1. The Bertz CT molecular complexity index is 1330. The Morgan fingerprint density at radius 3 is 2.64 bits per heavy atom. The highest BCUT2D eigenvalue weighted by atomic mass is 127. The normalized spacial score (nSPS) is 15.3. The van der Waals surface area contributed by atoms with E-state index in [2.05, 4.69) is 39.0 Å². The number of benzene rings is 3. The first-order valence-electron chi connectivity index (χ1n) is 9.83. The summed E-state index contributed by atoms with van der Waals surface area (Å²) in [6.45, 7) is 0.285. The zero-order valence-electron chi connectivity index (χ0n) is 17.1. The van der Waals surface area contributed by atoms with Gasteiger partial charge in [-0.25, -0.2) is 0 Å². The highest BCUT2D eigenvalue weighted by Crippen LogP contribution is 2.29. The standard InChI is InChI=1S/C25H16IN3O3S/c26-20-12-16(10-11-21(20)32-15-19-9-5-4-8-18(19)14-27)13-22-24(31)29-25(33-22)28-23(30)17-6-2-1-3-7-17/h1-13H,15H2,(H,28,29,30,31)/b22-13-. The second-order valence-corrected chi connectivity index (χ2v) is 9.09. The fourth-order valence-corrected chi connectivity index (χ4v) is 4.52. The molecule has 1 aliphatic rings. The monoisotopic (exact) mass is 565 g/mol. The van der Waals surface area contributed by atoms with E-state index >= 15 is 0 Å². The number of carbonyl (C=O) groups is 2. The summed E-state index contributed by atoms with van der Waals surface area (Å²) in [5.41, 5.74) is 2.68. The second-order valence-electron chi connectivity index (χ2n) is 6.90. The van der Waals surface area contributed by atoms with Crippen molar-refractivity contribution in [2.45, 2.75) is 6.61 Å². The number of nitrogens with one attached hydrogen (secondary N) is 1. The van der Waals surface area contributed by atoms with E-state index in [9.17, 15) is 14.9 Å². The van der Waals surface area contributed by atoms with Gasteiger partial charge in [0.1, 0.15) is 12.4 Å². The van der Waals surface area contributed by atoms with Crippen LogP contribution in [-0.2, 0) is 11.4 Å². The van der Waals surface area contributed by atoms with Crippen molar-refractivity contribution in [1.29, 1.82) is 5.26 Å². The molecule has 0 aromatic heterocycles. The number of halogens is 1. The summed E-state index contributed by atoms with van der Waals surface area (Å²) in [6, 6.07) is 23.7. The van der Waals surface area contributed by atoms with E-state index in [0.29, 0.717) is 21.8 Å². The third kappa shape index (κ3) is 5.69. The zero-order valence-corrected chi connectivity index (χ0v) is 20.1. The first kappa shape index (κ1) is 22.8. The van der Waals surface area contributed by atoms with Crippen molar-refractivity contribution in [2.24, 2.45) is 4.99 Å². The molecule has 4 rings (SSSR count). The van der Waals surface area contributed by atoms with Gasteiger partial charge in [-0.3, -0.25) is 9.59 Å². The van der Waals surface area contributed by atoms with Crippen molar-refractivity contribution in [3.05, 3.63) is 104 Å². The highest BCUT2D eigenvalue weighted by molar-refractivity contribution is 14.1. The van der Waals surface area contributed by atoms with Gasteiger partial charge in [-0.2, -0.15) is 10.3 Å². The average molecular weight is 565 g/mol. The van der Waals surface area contributed by atoms with Crippen LogP contribution in [0.2, 0.25) is 0 Å². The first-order valence-corrected chi connectivity index (χ1v) is 11.7. The van der Waals surface area contributed by atoms with E-state index in [0.717, 1.165) is 26.5 Å². The first-order chi connectivity index (χ1) is 16.0. The van der Waals surface area contributed by atoms with Gasteiger partial charge >= 0.3 is 0 Å². The Morgan fingerprint density at radius 1 is 1.12 bits per heavy atom. The maximum absolute atomic E-state index is 12.3. The maximum Gasteiger partial charge on any atom is 0.279 e. The van der Waals surface area contributed by atoms with Gasteiger partial charge in [0.15, 0.2) is 5.17 Å². The maximum atomic E-state index is 12.3. The Labute approximate surface area is 208 Å². The molecular weight excluding hydrogens is 549 g/mol. The number of carbonyl (C=O) groups excluding carboxylic acids is 2. The molecule has 3 aromatic carbocycles. The molecule has 0 saturated carbocycles. The van der Waals surface area contributed by atoms with Crippen LogP contribution in [-0.4, -0.2) is 17.0 Å². The molecule has 0 atom stereocenters. The van der Waals surface area contributed by atoms with Gasteiger partial charge < -0.3 is 10.1 Å². The number of amides is 2. The van der Waals surface area contributed by atoms with Crippen molar-refractivity contribution in [3.8, 4) is 11.8 Å². The average Bonchev–Trinajstić information content (AvgIpc) is 3.17. The number of rotatable bonds is 5. The van der Waals surface area contributed by atoms with Gasteiger partial charge in [-0.05, 0) is 76.3 Å². The molecule has 1 N–H and O–H groups in total. The fourth-order valence-electron chi connectivity index (χ4n) is 3.00. The van der Waals surface area contributed by atoms with Gasteiger partial charge in [0.05, 0.1) is 20.1 Å². The number of ether oxygens (including phenoxy) is 1. The number of hydrogen-bond acceptors (Lipinski definition) is 5. The van der Waals surface area contributed by atoms with Crippen molar-refractivity contribution in [1.82, 2.24) is 5.32 Å². The summed E-state index contributed by atoms with van der Waals surface area (Å²) < 4.78 is 6.76. The molecule has 2 amide bonds. The largest absolute Gasteiger partial charge is 0.488 e. The minimum Gasteiger partial charge on any atom is -0.488 e. The number of amidine groups is 1. The van der Waals surface area contributed by atoms with Gasteiger partial charge in [0.2, 0.25) is 0 Å². The molecule has 0 spiro atoms. The molecule has 3 aromatic rings. The predicted molar refractivity (Wildman–Crippen MR) is 137 cm³/mol. The Kier molecular flexibility index (Phi) is 7.22. The van der Waals surface area contributed by atoms with Crippen LogP contribution in [0.4, 0.5) is 0 Å². The summed E-state index contributed by atoms with van der Waals surface area (Å²) in [4.78, 5) is 29.0. The second kappa shape index (κ2) is 10.5. The number of thioether (sulfide) groups is 1. The lowest BCUT2D eigenvalue weighted by molar-refractivity contribution is -0.115. The van der Waals surface area contributed by atoms with Gasteiger partial charge in [-0.1, -0.05) is 42.5 Å². The summed E-state index contributed by atoms with van der Waals surface area (Å²) in [7, 11) is 0. The molecule has 33 heavy (non-hydrogen) atoms. The van der Waals surface area contributed by atoms with E-state index in [1.807, 2.05) is 42.5 Å². The van der Waals surface area contributed by atoms with E-state index < -0.39 is 5.91 Å². The van der Waals surface area contributed by atoms with E-state index in [-0.39, 0.29) is 17.7 Å². The van der Waals surface area contributed by atoms with Gasteiger partial charge in [-0.15, -0.1) is 0 Å². The van der Waals surface area contributed by atoms with Crippen LogP contribution in [0.1, 0.15) is 27.0 Å². The van der Waals surface area contributed by atoms with E-state index in [1.54, 1.807) is 36.4 Å². The fraction of sp³-hybridized carbons (Fsp3) is 0.0400. The zero-order chi connectivity index (χ0) is 23.2. The van der Waals surface area contributed by atoms with Crippen LogP contribution in [0.3, 0.4) is 0 Å². The smallest absolute Gasteiger partial charge is 0.279 e. The SMILES string of the molecule is N#Cc1ccccc1COc1ccc(/C=C2\SC(=NC(=O)c3ccccc3)NC2=O)cc1I. The number of nitriles is 1. The van der Waals surface area contributed by atoms with Crippen molar-refractivity contribution in [2.75, 3.05) is 0 Å². The topological polar surface area (TPSA) is 91.5 Å². The van der Waals surface area contributed by atoms with Crippen LogP contribution in [0, 0.1) is 14.9 Å². The molecular formula is C25H16IN3O3S. The molecule has 0 unspecified atom stereocenters. The molecule has 1 saturated heterocycles.